The second kappa shape index (κ2) is 4.84. The third kappa shape index (κ3) is 1.99. The van der Waals surface area contributed by atoms with E-state index in [4.69, 9.17) is 4.74 Å². The molecule has 100 valence electrons. The van der Waals surface area contributed by atoms with E-state index in [0.29, 0.717) is 18.1 Å². The van der Waals surface area contributed by atoms with E-state index in [-0.39, 0.29) is 0 Å². The summed E-state index contributed by atoms with van der Waals surface area (Å²) >= 11 is 0. The molecule has 0 bridgehead atoms. The van der Waals surface area contributed by atoms with Crippen LogP contribution in [-0.4, -0.2) is 12.9 Å². The monoisotopic (exact) mass is 256 g/mol. The number of carbonyl (C=O) groups excluding carboxylic acids is 1. The Bertz CT molecular complexity index is 554. The van der Waals surface area contributed by atoms with E-state index in [9.17, 15) is 4.79 Å². The van der Waals surface area contributed by atoms with Crippen LogP contribution in [0.1, 0.15) is 49.7 Å². The van der Waals surface area contributed by atoms with Crippen molar-refractivity contribution in [3.63, 3.8) is 0 Å². The van der Waals surface area contributed by atoms with E-state index in [1.807, 2.05) is 6.07 Å². The quantitative estimate of drug-likeness (QED) is 0.804. The van der Waals surface area contributed by atoms with Gasteiger partial charge >= 0.3 is 0 Å². The minimum atomic E-state index is 0.380. The average Bonchev–Trinajstić information content (AvgIpc) is 2.46. The van der Waals surface area contributed by atoms with Crippen LogP contribution in [0, 0.1) is 0 Å². The number of benzene rings is 1. The first-order valence-electron chi connectivity index (χ1n) is 7.16. The predicted molar refractivity (Wildman–Crippen MR) is 75.6 cm³/mol. The molecule has 2 aliphatic rings. The number of allylic oxidation sites excluding steroid dienone is 2. The number of rotatable bonds is 2. The zero-order valence-electron chi connectivity index (χ0n) is 11.7. The number of methoxy groups -OCH3 is 1. The molecule has 1 aromatic rings. The Balaban J connectivity index is 2.07. The average molecular weight is 256 g/mol. The SMILES string of the molecule is CCC1=C2CCc3cc(OC)ccc3C2CCC1=O. The summed E-state index contributed by atoms with van der Waals surface area (Å²) in [5, 5.41) is 0. The Labute approximate surface area is 114 Å². The van der Waals surface area contributed by atoms with Gasteiger partial charge in [-0.1, -0.05) is 18.6 Å². The fraction of sp³-hybridized carbons (Fsp3) is 0.471. The summed E-state index contributed by atoms with van der Waals surface area (Å²) in [5.41, 5.74) is 5.34. The minimum absolute atomic E-state index is 0.380. The molecule has 2 nitrogen and oxygen atoms in total. The van der Waals surface area contributed by atoms with Crippen molar-refractivity contribution in [1.29, 1.82) is 0 Å². The van der Waals surface area contributed by atoms with Gasteiger partial charge in [-0.15, -0.1) is 0 Å². The fourth-order valence-corrected chi connectivity index (χ4v) is 3.62. The summed E-state index contributed by atoms with van der Waals surface area (Å²) < 4.78 is 5.31. The van der Waals surface area contributed by atoms with Crippen LogP contribution in [0.5, 0.6) is 5.75 Å². The zero-order valence-corrected chi connectivity index (χ0v) is 11.7. The molecule has 0 aliphatic heterocycles. The standard InChI is InChI=1S/C17H20O2/c1-3-13-15-6-4-11-10-12(19-2)5-7-14(11)16(15)8-9-17(13)18/h5,7,10,16H,3-4,6,8-9H2,1-2H3. The van der Waals surface area contributed by atoms with E-state index in [2.05, 4.69) is 19.1 Å². The third-order valence-corrected chi connectivity index (χ3v) is 4.55. The lowest BCUT2D eigenvalue weighted by Crippen LogP contribution is -2.22. The van der Waals surface area contributed by atoms with Gasteiger partial charge in [-0.25, -0.2) is 0 Å². The molecule has 1 unspecified atom stereocenters. The first-order chi connectivity index (χ1) is 9.24. The summed E-state index contributed by atoms with van der Waals surface area (Å²) in [6, 6.07) is 6.40. The normalized spacial score (nSPS) is 22.0. The number of hydrogen-bond acceptors (Lipinski definition) is 2. The van der Waals surface area contributed by atoms with Gasteiger partial charge in [0.05, 0.1) is 7.11 Å². The van der Waals surface area contributed by atoms with E-state index in [1.54, 1.807) is 7.11 Å². The number of aryl methyl sites for hydroxylation is 1. The van der Waals surface area contributed by atoms with Crippen LogP contribution >= 0.6 is 0 Å². The lowest BCUT2D eigenvalue weighted by Gasteiger charge is -2.33. The molecular weight excluding hydrogens is 236 g/mol. The van der Waals surface area contributed by atoms with E-state index in [0.717, 1.165) is 37.0 Å². The van der Waals surface area contributed by atoms with Crippen LogP contribution in [0.2, 0.25) is 0 Å². The number of fused-ring (bicyclic) bond motifs is 3. The highest BCUT2D eigenvalue weighted by molar-refractivity contribution is 5.97. The molecule has 0 saturated carbocycles. The van der Waals surface area contributed by atoms with Crippen molar-refractivity contribution < 1.29 is 9.53 Å². The summed E-state index contributed by atoms with van der Waals surface area (Å²) in [5.74, 6) is 1.79. The Morgan fingerprint density at radius 3 is 2.84 bits per heavy atom. The lowest BCUT2D eigenvalue weighted by molar-refractivity contribution is -0.116. The fourth-order valence-electron chi connectivity index (χ4n) is 3.62. The maximum atomic E-state index is 12.0. The van der Waals surface area contributed by atoms with Crippen LogP contribution in [0.25, 0.3) is 0 Å². The summed E-state index contributed by atoms with van der Waals surface area (Å²) in [7, 11) is 1.71. The highest BCUT2D eigenvalue weighted by Gasteiger charge is 2.32. The number of hydrogen-bond donors (Lipinski definition) is 0. The summed E-state index contributed by atoms with van der Waals surface area (Å²) in [4.78, 5) is 12.0. The Morgan fingerprint density at radius 1 is 1.26 bits per heavy atom. The van der Waals surface area contributed by atoms with Crippen molar-refractivity contribution in [3.8, 4) is 5.75 Å². The molecular formula is C17H20O2. The van der Waals surface area contributed by atoms with Gasteiger partial charge in [0.2, 0.25) is 0 Å². The van der Waals surface area contributed by atoms with Gasteiger partial charge in [-0.2, -0.15) is 0 Å². The molecule has 0 radical (unpaired) electrons. The molecule has 2 aliphatic carbocycles. The molecule has 0 aromatic heterocycles. The molecule has 3 rings (SSSR count). The highest BCUT2D eigenvalue weighted by Crippen LogP contribution is 2.44. The number of ether oxygens (including phenoxy) is 1. The zero-order chi connectivity index (χ0) is 13.4. The van der Waals surface area contributed by atoms with Crippen molar-refractivity contribution in [3.05, 3.63) is 40.5 Å². The van der Waals surface area contributed by atoms with Crippen molar-refractivity contribution >= 4 is 5.78 Å². The second-order valence-corrected chi connectivity index (χ2v) is 5.44. The molecule has 0 spiro atoms. The molecule has 0 heterocycles. The van der Waals surface area contributed by atoms with Gasteiger partial charge in [0, 0.05) is 12.3 Å². The van der Waals surface area contributed by atoms with Crippen LogP contribution in [0.4, 0.5) is 0 Å². The Hall–Kier alpha value is -1.57. The largest absolute Gasteiger partial charge is 0.497 e. The molecule has 1 atom stereocenters. The molecule has 2 heteroatoms. The topological polar surface area (TPSA) is 26.3 Å². The van der Waals surface area contributed by atoms with E-state index >= 15 is 0 Å². The molecule has 0 fully saturated rings. The predicted octanol–water partition coefficient (Wildman–Crippen LogP) is 3.79. The van der Waals surface area contributed by atoms with Crippen molar-refractivity contribution in [2.75, 3.05) is 7.11 Å². The molecule has 0 N–H and O–H groups in total. The molecule has 19 heavy (non-hydrogen) atoms. The minimum Gasteiger partial charge on any atom is -0.497 e. The van der Waals surface area contributed by atoms with E-state index in [1.165, 1.54) is 16.7 Å². The first kappa shape index (κ1) is 12.5. The Morgan fingerprint density at radius 2 is 2.11 bits per heavy atom. The molecule has 1 aromatic carbocycles. The van der Waals surface area contributed by atoms with Crippen molar-refractivity contribution in [2.24, 2.45) is 0 Å². The highest BCUT2D eigenvalue weighted by atomic mass is 16.5. The number of carbonyl (C=O) groups is 1. The lowest BCUT2D eigenvalue weighted by atomic mass is 9.70. The van der Waals surface area contributed by atoms with Gasteiger partial charge in [0.25, 0.3) is 0 Å². The van der Waals surface area contributed by atoms with Gasteiger partial charge in [0.1, 0.15) is 5.75 Å². The maximum absolute atomic E-state index is 12.0. The Kier molecular flexibility index (Phi) is 3.17. The van der Waals surface area contributed by atoms with Crippen LogP contribution in [-0.2, 0) is 11.2 Å². The summed E-state index contributed by atoms with van der Waals surface area (Å²) in [6.45, 7) is 2.10. The van der Waals surface area contributed by atoms with Crippen molar-refractivity contribution in [1.82, 2.24) is 0 Å². The number of Topliss-reactive ketones (excluding diaryl/α,β-unsaturated/α-hetero) is 1. The summed E-state index contributed by atoms with van der Waals surface area (Å²) in [6.07, 6.45) is 4.66. The second-order valence-electron chi connectivity index (χ2n) is 5.44. The van der Waals surface area contributed by atoms with Gasteiger partial charge in [-0.05, 0) is 54.5 Å². The van der Waals surface area contributed by atoms with Crippen LogP contribution in [0.15, 0.2) is 29.3 Å². The number of ketones is 1. The molecule has 0 amide bonds. The van der Waals surface area contributed by atoms with Gasteiger partial charge < -0.3 is 4.74 Å². The van der Waals surface area contributed by atoms with Gasteiger partial charge in [0.15, 0.2) is 5.78 Å². The van der Waals surface area contributed by atoms with E-state index < -0.39 is 0 Å². The van der Waals surface area contributed by atoms with Gasteiger partial charge in [-0.3, -0.25) is 4.79 Å². The van der Waals surface area contributed by atoms with Crippen LogP contribution < -0.4 is 4.74 Å². The third-order valence-electron chi connectivity index (χ3n) is 4.55. The smallest absolute Gasteiger partial charge is 0.158 e. The van der Waals surface area contributed by atoms with Crippen LogP contribution in [0.3, 0.4) is 0 Å². The van der Waals surface area contributed by atoms with Crippen molar-refractivity contribution in [2.45, 2.75) is 44.9 Å². The maximum Gasteiger partial charge on any atom is 0.158 e. The first-order valence-corrected chi connectivity index (χ1v) is 7.16. The molecule has 0 saturated heterocycles.